The van der Waals surface area contributed by atoms with Crippen LogP contribution in [0.25, 0.3) is 0 Å². The van der Waals surface area contributed by atoms with Gasteiger partial charge in [0.15, 0.2) is 0 Å². The van der Waals surface area contributed by atoms with Gasteiger partial charge in [-0.15, -0.1) is 9.24 Å². The molecule has 0 saturated heterocycles. The van der Waals surface area contributed by atoms with Crippen molar-refractivity contribution in [3.8, 4) is 0 Å². The third-order valence-corrected chi connectivity index (χ3v) is 3.72. The van der Waals surface area contributed by atoms with Crippen LogP contribution in [0.2, 0.25) is 0 Å². The zero-order valence-electron chi connectivity index (χ0n) is 11.7. The van der Waals surface area contributed by atoms with Gasteiger partial charge < -0.3 is 26.0 Å². The first-order chi connectivity index (χ1) is 9.43. The van der Waals surface area contributed by atoms with E-state index in [0.717, 1.165) is 0 Å². The van der Waals surface area contributed by atoms with Crippen molar-refractivity contribution in [2.75, 3.05) is 20.2 Å². The number of nitrogens with one attached hydrogen (secondary N) is 2. The molecule has 0 fully saturated rings. The lowest BCUT2D eigenvalue weighted by Crippen LogP contribution is -2.44. The van der Waals surface area contributed by atoms with Gasteiger partial charge in [0.25, 0.3) is 0 Å². The van der Waals surface area contributed by atoms with Gasteiger partial charge in [0, 0.05) is 32.3 Å². The molecule has 0 aliphatic carbocycles. The minimum absolute atomic E-state index is 0.0477. The Labute approximate surface area is 121 Å². The average Bonchev–Trinajstić information content (AvgIpc) is 2.44. The van der Waals surface area contributed by atoms with Crippen molar-refractivity contribution in [1.29, 1.82) is 0 Å². The van der Waals surface area contributed by atoms with Gasteiger partial charge >= 0.3 is 0 Å². The molecule has 7 nitrogen and oxygen atoms in total. The highest BCUT2D eigenvalue weighted by Gasteiger charge is 2.27. The largest absolute Gasteiger partial charge is 0.396 e. The van der Waals surface area contributed by atoms with Crippen molar-refractivity contribution < 1.29 is 24.9 Å². The average molecular weight is 308 g/mol. The first-order valence-corrected chi connectivity index (χ1v) is 7.31. The topological polar surface area (TPSA) is 119 Å². The molecule has 0 heterocycles. The van der Waals surface area contributed by atoms with Crippen LogP contribution in [0.3, 0.4) is 0 Å². The summed E-state index contributed by atoms with van der Waals surface area (Å²) in [6.45, 7) is 0.153. The summed E-state index contributed by atoms with van der Waals surface area (Å²) in [6, 6.07) is 0. The number of aliphatic hydroxyl groups excluding tert-OH is 3. The number of hydrogen-bond donors (Lipinski definition) is 5. The fourth-order valence-electron chi connectivity index (χ4n) is 1.56. The van der Waals surface area contributed by atoms with Crippen LogP contribution in [0.15, 0.2) is 0 Å². The summed E-state index contributed by atoms with van der Waals surface area (Å²) in [4.78, 5) is 22.6. The summed E-state index contributed by atoms with van der Waals surface area (Å²) in [7, 11) is 3.78. The van der Waals surface area contributed by atoms with E-state index in [0.29, 0.717) is 25.8 Å². The van der Waals surface area contributed by atoms with E-state index in [9.17, 15) is 19.8 Å². The fourth-order valence-corrected chi connectivity index (χ4v) is 1.93. The zero-order valence-corrected chi connectivity index (χ0v) is 12.9. The summed E-state index contributed by atoms with van der Waals surface area (Å²) in [5.41, 5.74) is -0.729. The van der Waals surface area contributed by atoms with Crippen molar-refractivity contribution >= 4 is 21.1 Å². The minimum atomic E-state index is -1.35. The predicted octanol–water partition coefficient (Wildman–Crippen LogP) is -1.63. The lowest BCUT2D eigenvalue weighted by molar-refractivity contribution is -0.130. The van der Waals surface area contributed by atoms with Crippen molar-refractivity contribution in [3.63, 3.8) is 0 Å². The molecule has 0 spiro atoms. The fraction of sp³-hybridized carbons (Fsp3) is 0.833. The summed E-state index contributed by atoms with van der Waals surface area (Å²) in [5.74, 6) is -0.615. The smallest absolute Gasteiger partial charge is 0.249 e. The molecule has 0 aromatic heterocycles. The molecule has 8 heteroatoms. The number of rotatable bonds is 10. The lowest BCUT2D eigenvalue weighted by atomic mass is 10.1. The van der Waals surface area contributed by atoms with E-state index in [2.05, 4.69) is 19.9 Å². The van der Waals surface area contributed by atoms with E-state index in [4.69, 9.17) is 5.11 Å². The van der Waals surface area contributed by atoms with Gasteiger partial charge in [0.2, 0.25) is 11.8 Å². The van der Waals surface area contributed by atoms with Gasteiger partial charge in [0.05, 0.1) is 6.10 Å². The Balaban J connectivity index is 3.88. The summed E-state index contributed by atoms with van der Waals surface area (Å²) in [6.07, 6.45) is -0.527. The minimum Gasteiger partial charge on any atom is -0.396 e. The van der Waals surface area contributed by atoms with Crippen molar-refractivity contribution in [2.24, 2.45) is 0 Å². The zero-order chi connectivity index (χ0) is 15.5. The maximum Gasteiger partial charge on any atom is 0.249 e. The molecular weight excluding hydrogens is 283 g/mol. The van der Waals surface area contributed by atoms with Crippen molar-refractivity contribution in [1.82, 2.24) is 10.6 Å². The highest BCUT2D eigenvalue weighted by Crippen LogP contribution is 2.14. The van der Waals surface area contributed by atoms with Crippen molar-refractivity contribution in [3.05, 3.63) is 0 Å². The molecule has 0 aliphatic rings. The number of amides is 2. The molecule has 0 radical (unpaired) electrons. The molecule has 0 aromatic rings. The van der Waals surface area contributed by atoms with E-state index >= 15 is 0 Å². The van der Waals surface area contributed by atoms with Crippen LogP contribution in [0.4, 0.5) is 0 Å². The SMILES string of the molecule is CNC(=O)CCCCNC(=O)C(O)C(P)C(O)CCO. The van der Waals surface area contributed by atoms with Gasteiger partial charge in [-0.05, 0) is 19.3 Å². The Kier molecular flexibility index (Phi) is 10.6. The molecule has 20 heavy (non-hydrogen) atoms. The standard InChI is InChI=1S/C12H25N2O5P/c1-13-9(17)4-2-3-6-14-12(19)10(18)11(20)8(16)5-7-15/h8,10-11,15-16,18H,2-7,20H2,1H3,(H,13,17)(H,14,19). The monoisotopic (exact) mass is 308 g/mol. The maximum atomic E-state index is 11.6. The van der Waals surface area contributed by atoms with Crippen LogP contribution in [-0.4, -0.2) is 65.2 Å². The van der Waals surface area contributed by atoms with Gasteiger partial charge in [-0.3, -0.25) is 9.59 Å². The van der Waals surface area contributed by atoms with Gasteiger partial charge in [-0.25, -0.2) is 0 Å². The Hall–Kier alpha value is -0.750. The van der Waals surface area contributed by atoms with Gasteiger partial charge in [0.1, 0.15) is 6.10 Å². The summed E-state index contributed by atoms with van der Waals surface area (Å²) < 4.78 is 0. The maximum absolute atomic E-state index is 11.6. The normalized spacial score (nSPS) is 15.2. The molecule has 4 atom stereocenters. The first-order valence-electron chi connectivity index (χ1n) is 6.64. The van der Waals surface area contributed by atoms with E-state index in [-0.39, 0.29) is 18.9 Å². The number of hydrogen-bond acceptors (Lipinski definition) is 5. The van der Waals surface area contributed by atoms with Crippen molar-refractivity contribution in [2.45, 2.75) is 43.6 Å². The van der Waals surface area contributed by atoms with Crippen LogP contribution >= 0.6 is 9.24 Å². The molecule has 4 unspecified atom stereocenters. The van der Waals surface area contributed by atoms with E-state index in [1.54, 1.807) is 7.05 Å². The Morgan fingerprint density at radius 3 is 2.45 bits per heavy atom. The number of carbonyl (C=O) groups excluding carboxylic acids is 2. The van der Waals surface area contributed by atoms with Gasteiger partial charge in [-0.1, -0.05) is 0 Å². The number of carbonyl (C=O) groups is 2. The molecule has 2 amide bonds. The quantitative estimate of drug-likeness (QED) is 0.245. The molecule has 118 valence electrons. The number of unbranched alkanes of at least 4 members (excludes halogenated alkanes) is 1. The molecule has 0 aromatic carbocycles. The van der Waals surface area contributed by atoms with E-state index in [1.165, 1.54) is 0 Å². The molecule has 5 N–H and O–H groups in total. The molecule has 0 bridgehead atoms. The molecule has 0 saturated carbocycles. The van der Waals surface area contributed by atoms with Gasteiger partial charge in [-0.2, -0.15) is 0 Å². The van der Waals surface area contributed by atoms with Crippen LogP contribution < -0.4 is 10.6 Å². The van der Waals surface area contributed by atoms with E-state index in [1.807, 2.05) is 0 Å². The number of aliphatic hydroxyl groups is 3. The van der Waals surface area contributed by atoms with Crippen LogP contribution in [0, 0.1) is 0 Å². The molecular formula is C12H25N2O5P. The second-order valence-corrected chi connectivity index (χ2v) is 5.29. The molecule has 0 aliphatic heterocycles. The molecule has 0 rings (SSSR count). The highest BCUT2D eigenvalue weighted by atomic mass is 31.0. The second kappa shape index (κ2) is 11.0. The highest BCUT2D eigenvalue weighted by molar-refractivity contribution is 7.17. The Morgan fingerprint density at radius 2 is 1.90 bits per heavy atom. The Bertz CT molecular complexity index is 304. The van der Waals surface area contributed by atoms with E-state index < -0.39 is 23.8 Å². The summed E-state index contributed by atoms with van der Waals surface area (Å²) >= 11 is 0. The van der Waals surface area contributed by atoms with Crippen LogP contribution in [0.5, 0.6) is 0 Å². The summed E-state index contributed by atoms with van der Waals surface area (Å²) in [5, 5.41) is 33.0. The first kappa shape index (κ1) is 19.2. The predicted molar refractivity (Wildman–Crippen MR) is 78.1 cm³/mol. The van der Waals surface area contributed by atoms with Crippen LogP contribution in [0.1, 0.15) is 25.7 Å². The third-order valence-electron chi connectivity index (χ3n) is 2.91. The lowest BCUT2D eigenvalue weighted by Gasteiger charge is -2.22. The Morgan fingerprint density at radius 1 is 1.25 bits per heavy atom. The third kappa shape index (κ3) is 7.75. The van der Waals surface area contributed by atoms with Crippen LogP contribution in [-0.2, 0) is 9.59 Å². The second-order valence-electron chi connectivity index (χ2n) is 4.52.